The molecular formula is C42H15BF20N4. The average Bonchev–Trinajstić information content (AvgIpc) is 3.32. The van der Waals surface area contributed by atoms with Crippen LogP contribution in [0.4, 0.5) is 93.5 Å². The molecule has 25 heteroatoms. The average molecular weight is 966 g/mol. The maximum Gasteiger partial charge on any atom is 0.212 e. The monoisotopic (exact) mass is 966 g/mol. The number of halogens is 20. The zero-order chi connectivity index (χ0) is 49.6. The second kappa shape index (κ2) is 18.7. The molecule has 346 valence electrons. The Labute approximate surface area is 360 Å². The first-order valence-electron chi connectivity index (χ1n) is 18.0. The molecule has 0 atom stereocenters. The van der Waals surface area contributed by atoms with Gasteiger partial charge in [-0.15, -0.1) is 21.9 Å². The number of nitrogens with zero attached hydrogens (tertiary/aromatic N) is 4. The molecule has 4 nitrogen and oxygen atoms in total. The Balaban J connectivity index is 0.000000279. The molecule has 0 unspecified atom stereocenters. The van der Waals surface area contributed by atoms with Gasteiger partial charge in [0.15, 0.2) is 82.5 Å². The van der Waals surface area contributed by atoms with Crippen molar-refractivity contribution < 1.29 is 92.4 Å². The summed E-state index contributed by atoms with van der Waals surface area (Å²) in [6.07, 6.45) is -5.16. The first-order valence-corrected chi connectivity index (χ1v) is 18.0. The highest BCUT2D eigenvalue weighted by Gasteiger charge is 2.52. The maximum absolute atomic E-state index is 15.4. The van der Waals surface area contributed by atoms with E-state index in [-0.39, 0.29) is 0 Å². The predicted molar refractivity (Wildman–Crippen MR) is 196 cm³/mol. The Morgan fingerprint density at radius 3 is 1.06 bits per heavy atom. The van der Waals surface area contributed by atoms with Crippen molar-refractivity contribution in [2.45, 2.75) is 6.54 Å². The molecule has 0 saturated heterocycles. The van der Waals surface area contributed by atoms with Crippen LogP contribution >= 0.6 is 0 Å². The minimum absolute atomic E-state index is 0.620. The van der Waals surface area contributed by atoms with Gasteiger partial charge in [-0.25, -0.2) is 87.8 Å². The van der Waals surface area contributed by atoms with Crippen molar-refractivity contribution in [1.82, 2.24) is 0 Å². The number of rotatable bonds is 8. The molecule has 0 radical (unpaired) electrons. The molecule has 0 aliphatic heterocycles. The molecule has 6 aromatic carbocycles. The van der Waals surface area contributed by atoms with Gasteiger partial charge in [0.25, 0.3) is 0 Å². The lowest BCUT2D eigenvalue weighted by molar-refractivity contribution is -0.677. The van der Waals surface area contributed by atoms with Crippen molar-refractivity contribution >= 4 is 33.7 Å². The molecule has 0 fully saturated rings. The number of benzene rings is 6. The summed E-state index contributed by atoms with van der Waals surface area (Å²) in [5, 5.41) is 3.68. The van der Waals surface area contributed by atoms with Gasteiger partial charge in [0, 0.05) is 33.9 Å². The van der Waals surface area contributed by atoms with Crippen LogP contribution in [0.15, 0.2) is 84.1 Å². The molecule has 0 spiro atoms. The maximum atomic E-state index is 15.4. The van der Waals surface area contributed by atoms with Crippen molar-refractivity contribution in [3.05, 3.63) is 211 Å². The second-order valence-electron chi connectivity index (χ2n) is 13.7. The molecule has 0 aliphatic rings. The normalized spacial score (nSPS) is 11.3. The topological polar surface area (TPSA) is 52.6 Å². The summed E-state index contributed by atoms with van der Waals surface area (Å²) in [5.41, 5.74) is -1.77. The second-order valence-corrected chi connectivity index (χ2v) is 13.7. The molecule has 0 saturated carbocycles. The Hall–Kier alpha value is -7.56. The number of pyridine rings is 1. The van der Waals surface area contributed by atoms with Crippen molar-refractivity contribution in [2.24, 2.45) is 5.11 Å². The van der Waals surface area contributed by atoms with Gasteiger partial charge in [-0.1, -0.05) is 47.6 Å². The van der Waals surface area contributed by atoms with Gasteiger partial charge in [-0.05, 0) is 23.7 Å². The molecule has 7 aromatic rings. The largest absolute Gasteiger partial charge is 0.212 e. The third-order valence-electron chi connectivity index (χ3n) is 10.1. The zero-order valence-electron chi connectivity index (χ0n) is 32.1. The number of aromatic nitrogens is 1. The zero-order valence-corrected chi connectivity index (χ0v) is 32.1. The van der Waals surface area contributed by atoms with Crippen LogP contribution in [-0.2, 0) is 6.54 Å². The van der Waals surface area contributed by atoms with E-state index in [4.69, 9.17) is 5.53 Å². The molecule has 7 rings (SSSR count). The lowest BCUT2D eigenvalue weighted by Gasteiger charge is -2.44. The number of hydrogen-bond acceptors (Lipinski definition) is 1. The van der Waals surface area contributed by atoms with Gasteiger partial charge >= 0.3 is 0 Å². The molecule has 1 aromatic heterocycles. The van der Waals surface area contributed by atoms with Crippen LogP contribution in [0.1, 0.15) is 5.56 Å². The summed E-state index contributed by atoms with van der Waals surface area (Å²) < 4.78 is 296. The van der Waals surface area contributed by atoms with Crippen molar-refractivity contribution in [3.8, 4) is 11.3 Å². The minimum atomic E-state index is -7.22. The van der Waals surface area contributed by atoms with Gasteiger partial charge in [-0.2, -0.15) is 4.57 Å². The SMILES string of the molecule is Fc1c(F)c(F)c([B-](c2c(F)c(F)c(F)c(F)c2F)(c2c(F)c(F)c(F)c(F)c2F)c2c(F)c(F)c(F)c(F)c2F)c(F)c1F.[N-]=[N+]=Nc1cccc(-c2cccc[n+]2Cc2ccccc2)c1. The Kier molecular flexibility index (Phi) is 13.7. The Bertz CT molecular complexity index is 2800. The summed E-state index contributed by atoms with van der Waals surface area (Å²) in [4.78, 5) is 2.85. The van der Waals surface area contributed by atoms with E-state index in [9.17, 15) is 52.7 Å². The Morgan fingerprint density at radius 1 is 0.388 bits per heavy atom. The van der Waals surface area contributed by atoms with E-state index >= 15 is 35.1 Å². The smallest absolute Gasteiger partial charge is 0.207 e. The van der Waals surface area contributed by atoms with Crippen LogP contribution in [0.2, 0.25) is 0 Å². The standard InChI is InChI=1S/C24BF20.C18H15N4/c26-5-1(6(27)14(35)21(42)13(5)34)25(2-7(28)15(36)22(43)16(37)8(2)29,3-9(30)17(38)23(44)18(39)10(3)31)4-11(32)19(40)24(45)20(41)12(4)33;19-21-20-17-10-6-9-16(13-17)18-11-4-5-12-22(18)14-15-7-2-1-3-8-15/h;1-13H,14H2/q-1;+1. The highest BCUT2D eigenvalue weighted by Crippen LogP contribution is 2.31. The third kappa shape index (κ3) is 8.01. The van der Waals surface area contributed by atoms with E-state index < -0.39 is 144 Å². The van der Waals surface area contributed by atoms with Crippen molar-refractivity contribution in [1.29, 1.82) is 0 Å². The summed E-state index contributed by atoms with van der Waals surface area (Å²) >= 11 is 0. The van der Waals surface area contributed by atoms with Gasteiger partial charge in [0.2, 0.25) is 5.69 Å². The van der Waals surface area contributed by atoms with E-state index in [0.717, 1.165) is 17.8 Å². The third-order valence-corrected chi connectivity index (χ3v) is 10.1. The molecule has 67 heavy (non-hydrogen) atoms. The van der Waals surface area contributed by atoms with Crippen LogP contribution in [0.25, 0.3) is 21.7 Å². The molecule has 0 amide bonds. The molecule has 1 heterocycles. The van der Waals surface area contributed by atoms with Crippen LogP contribution < -0.4 is 26.4 Å². The van der Waals surface area contributed by atoms with E-state index in [1.54, 1.807) is 6.07 Å². The molecular weight excluding hydrogens is 951 g/mol. The highest BCUT2D eigenvalue weighted by molar-refractivity contribution is 7.20. The van der Waals surface area contributed by atoms with E-state index in [2.05, 4.69) is 39.0 Å². The van der Waals surface area contributed by atoms with Crippen LogP contribution in [-0.4, -0.2) is 6.15 Å². The fourth-order valence-electron chi connectivity index (χ4n) is 7.31. The van der Waals surface area contributed by atoms with E-state index in [0.29, 0.717) is 5.69 Å². The van der Waals surface area contributed by atoms with Crippen molar-refractivity contribution in [3.63, 3.8) is 0 Å². The first-order chi connectivity index (χ1) is 31.6. The van der Waals surface area contributed by atoms with Gasteiger partial charge in [0.1, 0.15) is 52.7 Å². The molecule has 0 aliphatic carbocycles. The summed E-state index contributed by atoms with van der Waals surface area (Å²) in [6.45, 7) is 0.794. The summed E-state index contributed by atoms with van der Waals surface area (Å²) in [6, 6.07) is 24.0. The lowest BCUT2D eigenvalue weighted by Crippen LogP contribution is -2.81. The van der Waals surface area contributed by atoms with Crippen LogP contribution in [0.3, 0.4) is 0 Å². The van der Waals surface area contributed by atoms with Gasteiger partial charge in [0.05, 0.1) is 0 Å². The molecule has 0 N–H and O–H groups in total. The lowest BCUT2D eigenvalue weighted by atomic mass is 9.12. The Morgan fingerprint density at radius 2 is 0.716 bits per heavy atom. The minimum Gasteiger partial charge on any atom is -0.207 e. The van der Waals surface area contributed by atoms with Crippen LogP contribution in [0, 0.1) is 116 Å². The van der Waals surface area contributed by atoms with Crippen LogP contribution in [0.5, 0.6) is 0 Å². The van der Waals surface area contributed by atoms with Gasteiger partial charge in [-0.3, -0.25) is 0 Å². The highest BCUT2D eigenvalue weighted by atomic mass is 19.2. The van der Waals surface area contributed by atoms with Gasteiger partial charge < -0.3 is 0 Å². The predicted octanol–water partition coefficient (Wildman–Crippen LogP) is 10.5. The molecule has 0 bridgehead atoms. The number of hydrogen-bond donors (Lipinski definition) is 0. The summed E-state index contributed by atoms with van der Waals surface area (Å²) in [7, 11) is 0. The fraction of sp³-hybridized carbons (Fsp3) is 0.0238. The first kappa shape index (κ1) is 48.9. The number of azide groups is 1. The summed E-state index contributed by atoms with van der Waals surface area (Å²) in [5.74, 6) is -71.4. The van der Waals surface area contributed by atoms with Crippen molar-refractivity contribution in [2.75, 3.05) is 0 Å². The van der Waals surface area contributed by atoms with E-state index in [1.165, 1.54) is 5.56 Å². The quantitative estimate of drug-likeness (QED) is 0.0213. The fourth-order valence-corrected chi connectivity index (χ4v) is 7.31. The van der Waals surface area contributed by atoms with E-state index in [1.807, 2.05) is 48.5 Å².